The van der Waals surface area contributed by atoms with Gasteiger partial charge in [-0.3, -0.25) is 0 Å². The molecule has 1 unspecified atom stereocenters. The van der Waals surface area contributed by atoms with Gasteiger partial charge in [0.2, 0.25) is 6.10 Å². The smallest absolute Gasteiger partial charge is 0.351 e. The van der Waals surface area contributed by atoms with Crippen LogP contribution < -0.4 is 4.74 Å². The molecule has 0 amide bonds. The highest BCUT2D eigenvalue weighted by Gasteiger charge is 2.26. The van der Waals surface area contributed by atoms with Gasteiger partial charge in [0.05, 0.1) is 11.6 Å². The fraction of sp³-hybridized carbons (Fsp3) is 0.375. The third-order valence-electron chi connectivity index (χ3n) is 2.86. The van der Waals surface area contributed by atoms with Gasteiger partial charge < -0.3 is 14.2 Å². The number of ether oxygens (including phenoxy) is 3. The van der Waals surface area contributed by atoms with Gasteiger partial charge in [-0.2, -0.15) is 0 Å². The second kappa shape index (κ2) is 9.43. The molecule has 0 saturated carbocycles. The lowest BCUT2D eigenvalue weighted by Crippen LogP contribution is -2.32. The normalized spacial score (nSPS) is 12.5. The van der Waals surface area contributed by atoms with E-state index in [1.807, 2.05) is 0 Å². The summed E-state index contributed by atoms with van der Waals surface area (Å²) in [5.41, 5.74) is 0.571. The Morgan fingerprint density at radius 3 is 2.57 bits per heavy atom. The number of halogens is 2. The van der Waals surface area contributed by atoms with Gasteiger partial charge in [0, 0.05) is 5.02 Å². The largest absolute Gasteiger partial charge is 0.480 e. The van der Waals surface area contributed by atoms with Crippen LogP contribution in [0.5, 0.6) is 5.75 Å². The first kappa shape index (κ1) is 19.3. The van der Waals surface area contributed by atoms with E-state index in [2.05, 4.69) is 0 Å². The summed E-state index contributed by atoms with van der Waals surface area (Å²) in [6.07, 6.45) is 0.586. The van der Waals surface area contributed by atoms with Crippen LogP contribution in [0.25, 0.3) is 0 Å². The van der Waals surface area contributed by atoms with Crippen LogP contribution in [-0.4, -0.2) is 31.3 Å². The maximum absolute atomic E-state index is 11.9. The molecule has 23 heavy (non-hydrogen) atoms. The number of hydrogen-bond donors (Lipinski definition) is 0. The Kier molecular flexibility index (Phi) is 7.92. The Hall–Kier alpha value is -1.72. The molecule has 0 fully saturated rings. The average molecular weight is 361 g/mol. The van der Waals surface area contributed by atoms with Gasteiger partial charge >= 0.3 is 11.9 Å². The summed E-state index contributed by atoms with van der Waals surface area (Å²) in [7, 11) is 0. The number of esters is 2. The lowest BCUT2D eigenvalue weighted by atomic mass is 10.1. The Labute approximate surface area is 145 Å². The van der Waals surface area contributed by atoms with Gasteiger partial charge in [-0.15, -0.1) is 0 Å². The van der Waals surface area contributed by atoms with Crippen LogP contribution in [0.3, 0.4) is 0 Å². The standard InChI is InChI=1S/C16H18Cl2O5/c1-4-10(3)15(16(20)21-5-2)23-14(19)9-22-13-7-6-11(17)8-12(13)18/h4,6-8,15H,5,9H2,1-3H3. The summed E-state index contributed by atoms with van der Waals surface area (Å²) in [5.74, 6) is -1.04. The Morgan fingerprint density at radius 1 is 1.30 bits per heavy atom. The number of rotatable bonds is 7. The van der Waals surface area contributed by atoms with Crippen LogP contribution in [0.2, 0.25) is 10.0 Å². The second-order valence-corrected chi connectivity index (χ2v) is 5.36. The SMILES string of the molecule is CC=C(C)C(OC(=O)COc1ccc(Cl)cc1Cl)C(=O)OCC. The summed E-state index contributed by atoms with van der Waals surface area (Å²) in [5, 5.41) is 0.730. The van der Waals surface area contributed by atoms with E-state index in [1.54, 1.807) is 32.9 Å². The van der Waals surface area contributed by atoms with E-state index in [1.165, 1.54) is 12.1 Å². The molecule has 0 radical (unpaired) electrons. The minimum atomic E-state index is -1.09. The van der Waals surface area contributed by atoms with Crippen LogP contribution in [0.1, 0.15) is 20.8 Å². The summed E-state index contributed by atoms with van der Waals surface area (Å²) in [4.78, 5) is 23.7. The van der Waals surface area contributed by atoms with Crippen molar-refractivity contribution in [1.29, 1.82) is 0 Å². The van der Waals surface area contributed by atoms with Gasteiger partial charge in [0.25, 0.3) is 0 Å². The Bertz CT molecular complexity index is 598. The average Bonchev–Trinajstić information content (AvgIpc) is 2.51. The maximum atomic E-state index is 11.9. The molecule has 0 N–H and O–H groups in total. The van der Waals surface area contributed by atoms with E-state index in [4.69, 9.17) is 37.4 Å². The van der Waals surface area contributed by atoms with Crippen molar-refractivity contribution in [3.63, 3.8) is 0 Å². The molecule has 0 aliphatic carbocycles. The highest BCUT2D eigenvalue weighted by molar-refractivity contribution is 6.35. The van der Waals surface area contributed by atoms with E-state index in [9.17, 15) is 9.59 Å². The molecule has 0 aliphatic rings. The van der Waals surface area contributed by atoms with Crippen LogP contribution in [-0.2, 0) is 19.1 Å². The molecule has 0 aromatic heterocycles. The first-order valence-electron chi connectivity index (χ1n) is 6.95. The van der Waals surface area contributed by atoms with E-state index < -0.39 is 24.6 Å². The van der Waals surface area contributed by atoms with E-state index in [0.717, 1.165) is 0 Å². The number of benzene rings is 1. The lowest BCUT2D eigenvalue weighted by Gasteiger charge is -2.17. The molecule has 1 aromatic carbocycles. The molecule has 0 aliphatic heterocycles. The predicted molar refractivity (Wildman–Crippen MR) is 87.9 cm³/mol. The molecule has 0 heterocycles. The third kappa shape index (κ3) is 6.12. The van der Waals surface area contributed by atoms with Crippen molar-refractivity contribution in [3.05, 3.63) is 39.9 Å². The van der Waals surface area contributed by atoms with E-state index in [-0.39, 0.29) is 11.6 Å². The quantitative estimate of drug-likeness (QED) is 0.546. The third-order valence-corrected chi connectivity index (χ3v) is 3.39. The number of allylic oxidation sites excluding steroid dienone is 1. The Morgan fingerprint density at radius 2 is 2.00 bits per heavy atom. The number of carbonyl (C=O) groups excluding carboxylic acids is 2. The number of hydrogen-bond acceptors (Lipinski definition) is 5. The minimum absolute atomic E-state index is 0.195. The first-order valence-corrected chi connectivity index (χ1v) is 7.71. The van der Waals surface area contributed by atoms with Crippen molar-refractivity contribution >= 4 is 35.1 Å². The molecule has 126 valence electrons. The summed E-state index contributed by atoms with van der Waals surface area (Å²) < 4.78 is 15.3. The second-order valence-electron chi connectivity index (χ2n) is 4.52. The van der Waals surface area contributed by atoms with Crippen molar-refractivity contribution in [1.82, 2.24) is 0 Å². The monoisotopic (exact) mass is 360 g/mol. The highest BCUT2D eigenvalue weighted by atomic mass is 35.5. The van der Waals surface area contributed by atoms with Crippen LogP contribution in [0.15, 0.2) is 29.8 Å². The van der Waals surface area contributed by atoms with E-state index >= 15 is 0 Å². The molecule has 1 aromatic rings. The van der Waals surface area contributed by atoms with Gasteiger partial charge in [-0.25, -0.2) is 9.59 Å². The first-order chi connectivity index (χ1) is 10.9. The van der Waals surface area contributed by atoms with Crippen LogP contribution in [0.4, 0.5) is 0 Å². The zero-order valence-corrected chi connectivity index (χ0v) is 14.6. The summed E-state index contributed by atoms with van der Waals surface area (Å²) in [6.45, 7) is 4.88. The molecule has 0 spiro atoms. The zero-order chi connectivity index (χ0) is 17.4. The fourth-order valence-electron chi connectivity index (χ4n) is 1.59. The van der Waals surface area contributed by atoms with Crippen LogP contribution >= 0.6 is 23.2 Å². The lowest BCUT2D eigenvalue weighted by molar-refractivity contribution is -0.166. The molecular formula is C16H18Cl2O5. The van der Waals surface area contributed by atoms with Gasteiger partial charge in [0.1, 0.15) is 5.75 Å². The molecule has 0 bridgehead atoms. The summed E-state index contributed by atoms with van der Waals surface area (Å²) in [6, 6.07) is 4.62. The van der Waals surface area contributed by atoms with Gasteiger partial charge in [0.15, 0.2) is 6.61 Å². The minimum Gasteiger partial charge on any atom is -0.480 e. The maximum Gasteiger partial charge on any atom is 0.351 e. The molecule has 1 rings (SSSR count). The fourth-order valence-corrected chi connectivity index (χ4v) is 2.05. The topological polar surface area (TPSA) is 61.8 Å². The molecule has 0 saturated heterocycles. The molecule has 1 atom stereocenters. The van der Waals surface area contributed by atoms with Gasteiger partial charge in [-0.1, -0.05) is 29.3 Å². The predicted octanol–water partition coefficient (Wildman–Crippen LogP) is 3.81. The van der Waals surface area contributed by atoms with Crippen molar-refractivity contribution < 1.29 is 23.8 Å². The van der Waals surface area contributed by atoms with Crippen molar-refractivity contribution in [2.24, 2.45) is 0 Å². The van der Waals surface area contributed by atoms with Crippen molar-refractivity contribution in [2.45, 2.75) is 26.9 Å². The zero-order valence-electron chi connectivity index (χ0n) is 13.1. The van der Waals surface area contributed by atoms with Crippen molar-refractivity contribution in [3.8, 4) is 5.75 Å². The summed E-state index contributed by atoms with van der Waals surface area (Å²) >= 11 is 11.7. The molecular weight excluding hydrogens is 343 g/mol. The molecule has 5 nitrogen and oxygen atoms in total. The van der Waals surface area contributed by atoms with Crippen molar-refractivity contribution in [2.75, 3.05) is 13.2 Å². The molecule has 7 heteroatoms. The van der Waals surface area contributed by atoms with Crippen LogP contribution in [0, 0.1) is 0 Å². The van der Waals surface area contributed by atoms with Gasteiger partial charge in [-0.05, 0) is 44.5 Å². The van der Waals surface area contributed by atoms with E-state index in [0.29, 0.717) is 16.3 Å². The number of carbonyl (C=O) groups is 2. The highest BCUT2D eigenvalue weighted by Crippen LogP contribution is 2.27. The Balaban J connectivity index is 2.67.